The van der Waals surface area contributed by atoms with Gasteiger partial charge in [0.1, 0.15) is 11.9 Å². The first-order valence-electron chi connectivity index (χ1n) is 6.51. The fourth-order valence-corrected chi connectivity index (χ4v) is 2.79. The molecule has 98 valence electrons. The maximum Gasteiger partial charge on any atom is 0.303 e. The Morgan fingerprint density at radius 2 is 1.94 bits per heavy atom. The SMILES string of the molecule is Cc1cc(C)cc(OC2CCCC2CC(=O)O)c1. The van der Waals surface area contributed by atoms with Crippen molar-refractivity contribution in [3.05, 3.63) is 29.3 Å². The first-order valence-corrected chi connectivity index (χ1v) is 6.51. The van der Waals surface area contributed by atoms with Gasteiger partial charge in [0.15, 0.2) is 0 Å². The largest absolute Gasteiger partial charge is 0.490 e. The van der Waals surface area contributed by atoms with Gasteiger partial charge in [-0.05, 0) is 56.4 Å². The monoisotopic (exact) mass is 248 g/mol. The van der Waals surface area contributed by atoms with Crippen molar-refractivity contribution in [2.75, 3.05) is 0 Å². The van der Waals surface area contributed by atoms with Crippen molar-refractivity contribution in [3.63, 3.8) is 0 Å². The molecule has 0 aliphatic heterocycles. The predicted octanol–water partition coefficient (Wildman–Crippen LogP) is 3.33. The van der Waals surface area contributed by atoms with E-state index in [0.717, 1.165) is 25.0 Å². The van der Waals surface area contributed by atoms with Gasteiger partial charge in [0.05, 0.1) is 6.42 Å². The first kappa shape index (κ1) is 12.9. The Morgan fingerprint density at radius 3 is 2.56 bits per heavy atom. The van der Waals surface area contributed by atoms with Crippen molar-refractivity contribution in [1.82, 2.24) is 0 Å². The number of aryl methyl sites for hydroxylation is 2. The molecule has 1 aliphatic rings. The van der Waals surface area contributed by atoms with E-state index in [9.17, 15) is 4.79 Å². The molecule has 3 nitrogen and oxygen atoms in total. The van der Waals surface area contributed by atoms with E-state index in [1.807, 2.05) is 26.0 Å². The highest BCUT2D eigenvalue weighted by Crippen LogP contribution is 2.32. The van der Waals surface area contributed by atoms with E-state index >= 15 is 0 Å². The average molecular weight is 248 g/mol. The van der Waals surface area contributed by atoms with Gasteiger partial charge >= 0.3 is 5.97 Å². The Kier molecular flexibility index (Phi) is 3.90. The molecule has 1 N–H and O–H groups in total. The van der Waals surface area contributed by atoms with Crippen LogP contribution in [0, 0.1) is 19.8 Å². The van der Waals surface area contributed by atoms with Gasteiger partial charge in [-0.3, -0.25) is 4.79 Å². The fraction of sp³-hybridized carbons (Fsp3) is 0.533. The van der Waals surface area contributed by atoms with Gasteiger partial charge in [-0.2, -0.15) is 0 Å². The van der Waals surface area contributed by atoms with Gasteiger partial charge in [0.2, 0.25) is 0 Å². The van der Waals surface area contributed by atoms with Crippen LogP contribution < -0.4 is 4.74 Å². The number of aliphatic carboxylic acids is 1. The molecule has 0 radical (unpaired) electrons. The van der Waals surface area contributed by atoms with Crippen LogP contribution in [-0.4, -0.2) is 17.2 Å². The van der Waals surface area contributed by atoms with Crippen molar-refractivity contribution in [2.45, 2.75) is 45.6 Å². The van der Waals surface area contributed by atoms with Crippen LogP contribution in [0.4, 0.5) is 0 Å². The van der Waals surface area contributed by atoms with Gasteiger partial charge in [0.25, 0.3) is 0 Å². The Bertz CT molecular complexity index is 419. The van der Waals surface area contributed by atoms with E-state index in [1.165, 1.54) is 11.1 Å². The minimum atomic E-state index is -0.726. The summed E-state index contributed by atoms with van der Waals surface area (Å²) >= 11 is 0. The van der Waals surface area contributed by atoms with Crippen molar-refractivity contribution >= 4 is 5.97 Å². The van der Waals surface area contributed by atoms with Gasteiger partial charge in [0, 0.05) is 5.92 Å². The summed E-state index contributed by atoms with van der Waals surface area (Å²) in [5.41, 5.74) is 2.36. The van der Waals surface area contributed by atoms with Crippen LogP contribution in [0.3, 0.4) is 0 Å². The highest BCUT2D eigenvalue weighted by Gasteiger charge is 2.30. The zero-order chi connectivity index (χ0) is 13.1. The summed E-state index contributed by atoms with van der Waals surface area (Å²) < 4.78 is 5.99. The molecule has 2 rings (SSSR count). The minimum absolute atomic E-state index is 0.0577. The molecular formula is C15H20O3. The van der Waals surface area contributed by atoms with Gasteiger partial charge < -0.3 is 9.84 Å². The molecule has 2 unspecified atom stereocenters. The van der Waals surface area contributed by atoms with E-state index in [4.69, 9.17) is 9.84 Å². The average Bonchev–Trinajstić information content (AvgIpc) is 2.63. The van der Waals surface area contributed by atoms with Crippen molar-refractivity contribution in [2.24, 2.45) is 5.92 Å². The highest BCUT2D eigenvalue weighted by molar-refractivity contribution is 5.67. The van der Waals surface area contributed by atoms with Crippen LogP contribution in [0.2, 0.25) is 0 Å². The molecule has 3 heteroatoms. The third kappa shape index (κ3) is 3.25. The van der Waals surface area contributed by atoms with Crippen molar-refractivity contribution in [3.8, 4) is 5.75 Å². The summed E-state index contributed by atoms with van der Waals surface area (Å²) in [6.45, 7) is 4.09. The van der Waals surface area contributed by atoms with Gasteiger partial charge in [-0.25, -0.2) is 0 Å². The molecule has 0 bridgehead atoms. The molecule has 0 saturated heterocycles. The Morgan fingerprint density at radius 1 is 1.28 bits per heavy atom. The number of rotatable bonds is 4. The van der Waals surface area contributed by atoms with Crippen molar-refractivity contribution in [1.29, 1.82) is 0 Å². The Hall–Kier alpha value is -1.51. The van der Waals surface area contributed by atoms with E-state index < -0.39 is 5.97 Å². The molecule has 1 aromatic carbocycles. The lowest BCUT2D eigenvalue weighted by molar-refractivity contribution is -0.138. The fourth-order valence-electron chi connectivity index (χ4n) is 2.79. The van der Waals surface area contributed by atoms with Crippen LogP contribution in [0.1, 0.15) is 36.8 Å². The standard InChI is InChI=1S/C15H20O3/c1-10-6-11(2)8-13(7-10)18-14-5-3-4-12(14)9-15(16)17/h6-8,12,14H,3-5,9H2,1-2H3,(H,16,17). The van der Waals surface area contributed by atoms with Crippen LogP contribution in [-0.2, 0) is 4.79 Å². The lowest BCUT2D eigenvalue weighted by Gasteiger charge is -2.20. The molecular weight excluding hydrogens is 228 g/mol. The maximum absolute atomic E-state index is 10.8. The lowest BCUT2D eigenvalue weighted by atomic mass is 10.0. The smallest absolute Gasteiger partial charge is 0.303 e. The highest BCUT2D eigenvalue weighted by atomic mass is 16.5. The van der Waals surface area contributed by atoms with Gasteiger partial charge in [-0.15, -0.1) is 0 Å². The van der Waals surface area contributed by atoms with Crippen LogP contribution >= 0.6 is 0 Å². The summed E-state index contributed by atoms with van der Waals surface area (Å²) in [6.07, 6.45) is 3.26. The second-order valence-electron chi connectivity index (χ2n) is 5.27. The predicted molar refractivity (Wildman–Crippen MR) is 69.9 cm³/mol. The zero-order valence-electron chi connectivity index (χ0n) is 11.0. The number of hydrogen-bond acceptors (Lipinski definition) is 2. The summed E-state index contributed by atoms with van der Waals surface area (Å²) in [7, 11) is 0. The molecule has 0 spiro atoms. The number of ether oxygens (including phenoxy) is 1. The Balaban J connectivity index is 2.05. The summed E-state index contributed by atoms with van der Waals surface area (Å²) in [5, 5.41) is 8.89. The third-order valence-corrected chi connectivity index (χ3v) is 3.51. The molecule has 18 heavy (non-hydrogen) atoms. The molecule has 0 heterocycles. The maximum atomic E-state index is 10.8. The van der Waals surface area contributed by atoms with Gasteiger partial charge in [-0.1, -0.05) is 6.07 Å². The van der Waals surface area contributed by atoms with Crippen LogP contribution in [0.5, 0.6) is 5.75 Å². The quantitative estimate of drug-likeness (QED) is 0.889. The van der Waals surface area contributed by atoms with E-state index in [0.29, 0.717) is 0 Å². The van der Waals surface area contributed by atoms with E-state index in [-0.39, 0.29) is 18.4 Å². The molecule has 1 saturated carbocycles. The number of hydrogen-bond donors (Lipinski definition) is 1. The first-order chi connectivity index (χ1) is 8.54. The Labute approximate surface area is 108 Å². The number of carboxylic acids is 1. The molecule has 1 aromatic rings. The second-order valence-corrected chi connectivity index (χ2v) is 5.27. The van der Waals surface area contributed by atoms with Crippen LogP contribution in [0.25, 0.3) is 0 Å². The van der Waals surface area contributed by atoms with Crippen LogP contribution in [0.15, 0.2) is 18.2 Å². The van der Waals surface area contributed by atoms with E-state index in [2.05, 4.69) is 6.07 Å². The molecule has 1 fully saturated rings. The topological polar surface area (TPSA) is 46.5 Å². The van der Waals surface area contributed by atoms with Crippen molar-refractivity contribution < 1.29 is 14.6 Å². The third-order valence-electron chi connectivity index (χ3n) is 3.51. The molecule has 0 amide bonds. The summed E-state index contributed by atoms with van der Waals surface area (Å²) in [4.78, 5) is 10.8. The molecule has 1 aliphatic carbocycles. The lowest BCUT2D eigenvalue weighted by Crippen LogP contribution is -2.23. The second kappa shape index (κ2) is 5.42. The van der Waals surface area contributed by atoms with E-state index in [1.54, 1.807) is 0 Å². The zero-order valence-corrected chi connectivity index (χ0v) is 11.0. The molecule has 2 atom stereocenters. The summed E-state index contributed by atoms with van der Waals surface area (Å²) in [5.74, 6) is 0.300. The normalized spacial score (nSPS) is 23.0. The number of carboxylic acid groups (broad SMARTS) is 1. The summed E-state index contributed by atoms with van der Waals surface area (Å²) in [6, 6.07) is 6.14. The number of benzene rings is 1. The molecule has 0 aromatic heterocycles. The minimum Gasteiger partial charge on any atom is -0.490 e. The number of carbonyl (C=O) groups is 1.